The normalized spacial score (nSPS) is 17.8. The van der Waals surface area contributed by atoms with Gasteiger partial charge in [-0.2, -0.15) is 0 Å². The molecule has 0 spiro atoms. The second-order valence-corrected chi connectivity index (χ2v) is 20.1. The van der Waals surface area contributed by atoms with Crippen molar-refractivity contribution in [2.45, 2.75) is 102 Å². The maximum atomic E-state index is 13.0. The van der Waals surface area contributed by atoms with Crippen molar-refractivity contribution < 1.29 is 22.8 Å². The lowest BCUT2D eigenvalue weighted by Crippen LogP contribution is -2.37. The van der Waals surface area contributed by atoms with Gasteiger partial charge in [0.1, 0.15) is 23.4 Å². The fourth-order valence-electron chi connectivity index (χ4n) is 3.98. The molecule has 1 saturated heterocycles. The van der Waals surface area contributed by atoms with Crippen molar-refractivity contribution in [1.29, 1.82) is 0 Å². The van der Waals surface area contributed by atoms with E-state index in [2.05, 4.69) is 50.3 Å². The number of oxazole rings is 1. The highest BCUT2D eigenvalue weighted by atomic mass is 79.9. The number of nitrogens with one attached hydrogen (secondary N) is 1. The Morgan fingerprint density at radius 1 is 1.22 bits per heavy atom. The predicted molar refractivity (Wildman–Crippen MR) is 151 cm³/mol. The van der Waals surface area contributed by atoms with Gasteiger partial charge in [-0.1, -0.05) is 32.5 Å². The Kier molecular flexibility index (Phi) is 11.1. The van der Waals surface area contributed by atoms with Crippen LogP contribution in [0, 0.1) is 0 Å². The molecule has 1 fully saturated rings. The van der Waals surface area contributed by atoms with E-state index < -0.39 is 24.8 Å². The number of aromatic nitrogens is 3. The first-order valence-corrected chi connectivity index (χ1v) is 18.7. The molecule has 0 bridgehead atoms. The van der Waals surface area contributed by atoms with Crippen LogP contribution in [0.25, 0.3) is 0 Å². The Morgan fingerprint density at radius 3 is 2.57 bits per heavy atom. The summed E-state index contributed by atoms with van der Waals surface area (Å²) in [6.45, 7) is 15.1. The molecule has 0 saturated carbocycles. The van der Waals surface area contributed by atoms with E-state index >= 15 is 0 Å². The smallest absolute Gasteiger partial charge is 0.255 e. The van der Waals surface area contributed by atoms with Gasteiger partial charge in [-0.25, -0.2) is 18.9 Å². The minimum Gasteiger partial charge on any atom is -0.444 e. The molecular formula is C25H43BrN4O5SSi. The molecule has 2 aromatic rings. The van der Waals surface area contributed by atoms with E-state index in [9.17, 15) is 4.21 Å². The van der Waals surface area contributed by atoms with E-state index in [4.69, 9.17) is 18.6 Å². The molecule has 0 amide bonds. The molecule has 0 aliphatic carbocycles. The van der Waals surface area contributed by atoms with Crippen LogP contribution in [0.4, 0.5) is 0 Å². The Labute approximate surface area is 233 Å². The molecule has 12 heteroatoms. The molecule has 0 radical (unpaired) electrons. The summed E-state index contributed by atoms with van der Waals surface area (Å²) >= 11 is 3.62. The Morgan fingerprint density at radius 2 is 1.95 bits per heavy atom. The highest BCUT2D eigenvalue weighted by molar-refractivity contribution is 9.10. The van der Waals surface area contributed by atoms with Crippen molar-refractivity contribution in [1.82, 2.24) is 19.3 Å². The van der Waals surface area contributed by atoms with Crippen molar-refractivity contribution >= 4 is 35.0 Å². The third kappa shape index (κ3) is 9.08. The van der Waals surface area contributed by atoms with Gasteiger partial charge in [0.2, 0.25) is 5.79 Å². The minimum atomic E-state index is -1.24. The number of imidazole rings is 1. The van der Waals surface area contributed by atoms with E-state index in [-0.39, 0.29) is 10.8 Å². The van der Waals surface area contributed by atoms with Gasteiger partial charge in [-0.15, -0.1) is 0 Å². The van der Waals surface area contributed by atoms with Crippen LogP contribution < -0.4 is 4.72 Å². The number of hydrogen-bond acceptors (Lipinski definition) is 7. The quantitative estimate of drug-likeness (QED) is 0.196. The van der Waals surface area contributed by atoms with Crippen LogP contribution in [-0.4, -0.2) is 51.4 Å². The highest BCUT2D eigenvalue weighted by Crippen LogP contribution is 2.36. The molecule has 1 aliphatic heterocycles. The molecule has 3 rings (SSSR count). The molecule has 2 aromatic heterocycles. The second kappa shape index (κ2) is 13.4. The average Bonchev–Trinajstić information content (AvgIpc) is 3.56. The SMILES string of the molecule is CC(C)(C)[S@@](=O)NC(CCCCCC1(c2ncco2)OCCO1)c1ncc(Br)n1COCC[Si](C)(C)C. The largest absolute Gasteiger partial charge is 0.444 e. The van der Waals surface area contributed by atoms with E-state index in [1.54, 1.807) is 18.7 Å². The molecule has 210 valence electrons. The number of hydrogen-bond donors (Lipinski definition) is 1. The van der Waals surface area contributed by atoms with Crippen LogP contribution in [0.5, 0.6) is 0 Å². The zero-order chi connectivity index (χ0) is 27.1. The number of halogens is 1. The number of ether oxygens (including phenoxy) is 3. The molecule has 2 atom stereocenters. The van der Waals surface area contributed by atoms with Gasteiger partial charge >= 0.3 is 0 Å². The summed E-state index contributed by atoms with van der Waals surface area (Å²) in [4.78, 5) is 8.94. The monoisotopic (exact) mass is 618 g/mol. The number of rotatable bonds is 15. The maximum absolute atomic E-state index is 13.0. The summed E-state index contributed by atoms with van der Waals surface area (Å²) in [5.74, 6) is 0.422. The Hall–Kier alpha value is -0.893. The summed E-state index contributed by atoms with van der Waals surface area (Å²) in [7, 11) is -2.41. The fraction of sp³-hybridized carbons (Fsp3) is 0.760. The third-order valence-corrected chi connectivity index (χ3v) is 10.1. The van der Waals surface area contributed by atoms with E-state index in [1.165, 1.54) is 0 Å². The first-order valence-electron chi connectivity index (χ1n) is 13.1. The van der Waals surface area contributed by atoms with E-state index in [0.717, 1.165) is 48.8 Å². The molecule has 3 heterocycles. The van der Waals surface area contributed by atoms with Gasteiger partial charge in [0.25, 0.3) is 5.89 Å². The van der Waals surface area contributed by atoms with Crippen LogP contribution >= 0.6 is 15.9 Å². The van der Waals surface area contributed by atoms with Gasteiger partial charge in [0, 0.05) is 21.1 Å². The third-order valence-electron chi connectivity index (χ3n) is 6.18. The van der Waals surface area contributed by atoms with Gasteiger partial charge < -0.3 is 18.6 Å². The highest BCUT2D eigenvalue weighted by Gasteiger charge is 2.42. The maximum Gasteiger partial charge on any atom is 0.255 e. The summed E-state index contributed by atoms with van der Waals surface area (Å²) < 4.78 is 42.2. The fourth-order valence-corrected chi connectivity index (χ4v) is 5.96. The molecular weight excluding hydrogens is 576 g/mol. The van der Waals surface area contributed by atoms with Crippen molar-refractivity contribution in [3.8, 4) is 0 Å². The van der Waals surface area contributed by atoms with Gasteiger partial charge in [0.05, 0.1) is 47.4 Å². The summed E-state index contributed by atoms with van der Waals surface area (Å²) in [6, 6.07) is 0.930. The van der Waals surface area contributed by atoms with Crippen molar-refractivity contribution in [2.75, 3.05) is 19.8 Å². The zero-order valence-corrected chi connectivity index (χ0v) is 26.5. The molecule has 0 aromatic carbocycles. The average molecular weight is 620 g/mol. The number of nitrogens with zero attached hydrogens (tertiary/aromatic N) is 3. The summed E-state index contributed by atoms with van der Waals surface area (Å²) in [5, 5.41) is 0. The molecule has 1 aliphatic rings. The van der Waals surface area contributed by atoms with E-state index in [0.29, 0.717) is 32.3 Å². The summed E-state index contributed by atoms with van der Waals surface area (Å²) in [5.41, 5.74) is 0. The molecule has 1 N–H and O–H groups in total. The Bertz CT molecular complexity index is 984. The lowest BCUT2D eigenvalue weighted by atomic mass is 10.0. The standard InChI is InChI=1S/C25H43BrN4O5SSi/c1-24(2,3)36(31)29-20(22-28-18-21(26)30(22)19-32-16-17-37(4,5)6)10-8-7-9-11-25(34-14-15-35-25)23-27-12-13-33-23/h12-13,18,20,29H,7-11,14-17,19H2,1-6H3/t20?,36-/m1/s1. The van der Waals surface area contributed by atoms with Crippen LogP contribution in [0.3, 0.4) is 0 Å². The number of unbranched alkanes of at least 4 members (excludes halogenated alkanes) is 2. The second-order valence-electron chi connectivity index (χ2n) is 11.7. The van der Waals surface area contributed by atoms with Crippen molar-refractivity contribution in [2.24, 2.45) is 0 Å². The van der Waals surface area contributed by atoms with Crippen LogP contribution in [0.2, 0.25) is 25.7 Å². The molecule has 1 unspecified atom stereocenters. The van der Waals surface area contributed by atoms with Gasteiger partial charge in [-0.05, 0) is 55.6 Å². The van der Waals surface area contributed by atoms with Crippen LogP contribution in [-0.2, 0) is 37.7 Å². The van der Waals surface area contributed by atoms with Crippen molar-refractivity contribution in [3.05, 3.63) is 35.0 Å². The Balaban J connectivity index is 1.61. The van der Waals surface area contributed by atoms with Crippen molar-refractivity contribution in [3.63, 3.8) is 0 Å². The lowest BCUT2D eigenvalue weighted by Gasteiger charge is -2.25. The molecule has 9 nitrogen and oxygen atoms in total. The zero-order valence-electron chi connectivity index (χ0n) is 23.0. The van der Waals surface area contributed by atoms with Crippen LogP contribution in [0.1, 0.15) is 70.6 Å². The topological polar surface area (TPSA) is 101 Å². The minimum absolute atomic E-state index is 0.174. The first kappa shape index (κ1) is 30.6. The first-order chi connectivity index (χ1) is 17.4. The van der Waals surface area contributed by atoms with Gasteiger partial charge in [0.15, 0.2) is 0 Å². The lowest BCUT2D eigenvalue weighted by molar-refractivity contribution is -0.187. The molecule has 37 heavy (non-hydrogen) atoms. The van der Waals surface area contributed by atoms with Crippen LogP contribution in [0.15, 0.2) is 27.7 Å². The predicted octanol–water partition coefficient (Wildman–Crippen LogP) is 5.89. The van der Waals surface area contributed by atoms with Gasteiger partial charge in [-0.3, -0.25) is 4.57 Å². The summed E-state index contributed by atoms with van der Waals surface area (Å²) in [6.07, 6.45) is 9.16. The van der Waals surface area contributed by atoms with E-state index in [1.807, 2.05) is 25.3 Å².